The van der Waals surface area contributed by atoms with Crippen LogP contribution in [0.1, 0.15) is 26.3 Å². The zero-order chi connectivity index (χ0) is 18.2. The smallest absolute Gasteiger partial charge is 0.310 e. The molecule has 1 saturated carbocycles. The lowest BCUT2D eigenvalue weighted by atomic mass is 10.1. The van der Waals surface area contributed by atoms with Crippen molar-refractivity contribution in [3.63, 3.8) is 0 Å². The highest BCUT2D eigenvalue weighted by molar-refractivity contribution is 5.79. The average Bonchev–Trinajstić information content (AvgIpc) is 3.05. The molecular formula is C17H16F4O3. The number of esters is 1. The Kier molecular flexibility index (Phi) is 4.82. The van der Waals surface area contributed by atoms with Crippen molar-refractivity contribution in [2.45, 2.75) is 27.4 Å². The summed E-state index contributed by atoms with van der Waals surface area (Å²) in [5, 5.41) is 0. The highest BCUT2D eigenvalue weighted by atomic mass is 19.2. The Hall–Kier alpha value is -2.18. The maximum Gasteiger partial charge on any atom is 0.310 e. The van der Waals surface area contributed by atoms with Gasteiger partial charge in [-0.3, -0.25) is 9.59 Å². The van der Waals surface area contributed by atoms with E-state index in [9.17, 15) is 27.2 Å². The Morgan fingerprint density at radius 2 is 1.75 bits per heavy atom. The zero-order valence-corrected chi connectivity index (χ0v) is 13.3. The van der Waals surface area contributed by atoms with Gasteiger partial charge in [-0.05, 0) is 23.8 Å². The fourth-order valence-electron chi connectivity index (χ4n) is 2.74. The minimum Gasteiger partial charge on any atom is -0.460 e. The Labute approximate surface area is 136 Å². The van der Waals surface area contributed by atoms with Crippen LogP contribution in [0.3, 0.4) is 0 Å². The van der Waals surface area contributed by atoms with Crippen molar-refractivity contribution < 1.29 is 31.9 Å². The molecule has 2 unspecified atom stereocenters. The molecule has 2 rings (SSSR count). The number of benzene rings is 1. The van der Waals surface area contributed by atoms with Crippen molar-refractivity contribution in [3.05, 3.63) is 46.5 Å². The predicted molar refractivity (Wildman–Crippen MR) is 76.7 cm³/mol. The SMILES string of the molecule is CC(C=O)=CC1C(C(=O)OCc2c(F)c(F)cc(F)c2F)C1(C)C. The second-order valence-electron chi connectivity index (χ2n) is 6.41. The predicted octanol–water partition coefficient (Wildman–Crippen LogP) is 3.70. The summed E-state index contributed by atoms with van der Waals surface area (Å²) in [6.45, 7) is 4.23. The molecule has 0 aliphatic heterocycles. The van der Waals surface area contributed by atoms with Crippen LogP contribution in [0, 0.1) is 40.5 Å². The molecule has 3 nitrogen and oxygen atoms in total. The number of hydrogen-bond acceptors (Lipinski definition) is 3. The molecule has 1 aliphatic rings. The number of carbonyl (C=O) groups excluding carboxylic acids is 2. The van der Waals surface area contributed by atoms with Gasteiger partial charge in [0.2, 0.25) is 0 Å². The Morgan fingerprint density at radius 3 is 2.25 bits per heavy atom. The first kappa shape index (κ1) is 18.2. The lowest BCUT2D eigenvalue weighted by Gasteiger charge is -2.09. The van der Waals surface area contributed by atoms with Crippen molar-refractivity contribution >= 4 is 12.3 Å². The number of hydrogen-bond donors (Lipinski definition) is 0. The van der Waals surface area contributed by atoms with E-state index in [1.165, 1.54) is 0 Å². The van der Waals surface area contributed by atoms with E-state index < -0.39 is 52.7 Å². The lowest BCUT2D eigenvalue weighted by Crippen LogP contribution is -2.13. The summed E-state index contributed by atoms with van der Waals surface area (Å²) >= 11 is 0. The maximum absolute atomic E-state index is 13.5. The van der Waals surface area contributed by atoms with Gasteiger partial charge < -0.3 is 4.74 Å². The molecule has 1 aliphatic carbocycles. The van der Waals surface area contributed by atoms with Crippen LogP contribution < -0.4 is 0 Å². The highest BCUT2D eigenvalue weighted by Crippen LogP contribution is 2.59. The van der Waals surface area contributed by atoms with Gasteiger partial charge in [-0.15, -0.1) is 0 Å². The largest absolute Gasteiger partial charge is 0.460 e. The number of ether oxygens (including phenoxy) is 1. The van der Waals surface area contributed by atoms with Crippen LogP contribution in [0.25, 0.3) is 0 Å². The molecule has 0 amide bonds. The topological polar surface area (TPSA) is 43.4 Å². The van der Waals surface area contributed by atoms with Crippen LogP contribution in [-0.4, -0.2) is 12.3 Å². The van der Waals surface area contributed by atoms with E-state index in [0.717, 1.165) is 0 Å². The van der Waals surface area contributed by atoms with Crippen molar-refractivity contribution in [2.24, 2.45) is 17.3 Å². The van der Waals surface area contributed by atoms with E-state index in [1.807, 2.05) is 0 Å². The summed E-state index contributed by atoms with van der Waals surface area (Å²) in [7, 11) is 0. The van der Waals surface area contributed by atoms with Crippen LogP contribution in [-0.2, 0) is 20.9 Å². The lowest BCUT2D eigenvalue weighted by molar-refractivity contribution is -0.147. The van der Waals surface area contributed by atoms with Crippen molar-refractivity contribution in [3.8, 4) is 0 Å². The molecule has 0 N–H and O–H groups in total. The first-order chi connectivity index (χ1) is 11.1. The standard InChI is InChI=1S/C17H16F4O3/c1-8(6-22)4-10-13(17(10,2)3)16(23)24-7-9-14(20)11(18)5-12(19)15(9)21/h4-6,10,13H,7H2,1-3H3. The third-order valence-electron chi connectivity index (χ3n) is 4.35. The van der Waals surface area contributed by atoms with Crippen molar-refractivity contribution in [2.75, 3.05) is 0 Å². The molecule has 0 radical (unpaired) electrons. The summed E-state index contributed by atoms with van der Waals surface area (Å²) in [5.74, 6) is -7.91. The van der Waals surface area contributed by atoms with Gasteiger partial charge in [-0.2, -0.15) is 0 Å². The summed E-state index contributed by atoms with van der Waals surface area (Å²) in [5.41, 5.74) is -1.01. The Balaban J connectivity index is 2.12. The van der Waals surface area contributed by atoms with Crippen LogP contribution >= 0.6 is 0 Å². The van der Waals surface area contributed by atoms with Gasteiger partial charge in [0.05, 0.1) is 11.5 Å². The first-order valence-electron chi connectivity index (χ1n) is 7.23. The molecule has 0 bridgehead atoms. The van der Waals surface area contributed by atoms with Gasteiger partial charge in [0, 0.05) is 6.07 Å². The molecule has 2 atom stereocenters. The summed E-state index contributed by atoms with van der Waals surface area (Å²) < 4.78 is 58.1. The van der Waals surface area contributed by atoms with E-state index in [1.54, 1.807) is 26.8 Å². The number of halogens is 4. The van der Waals surface area contributed by atoms with Crippen LogP contribution in [0.15, 0.2) is 17.7 Å². The van der Waals surface area contributed by atoms with Crippen molar-refractivity contribution in [1.29, 1.82) is 0 Å². The molecule has 1 aromatic carbocycles. The van der Waals surface area contributed by atoms with Gasteiger partial charge >= 0.3 is 5.97 Å². The second kappa shape index (κ2) is 6.37. The van der Waals surface area contributed by atoms with Gasteiger partial charge in [-0.25, -0.2) is 17.6 Å². The number of aldehydes is 1. The van der Waals surface area contributed by atoms with Gasteiger partial charge in [0.15, 0.2) is 23.3 Å². The summed E-state index contributed by atoms with van der Waals surface area (Å²) in [6, 6.07) is 0.0863. The van der Waals surface area contributed by atoms with Gasteiger partial charge in [-0.1, -0.05) is 19.9 Å². The van der Waals surface area contributed by atoms with Crippen molar-refractivity contribution in [1.82, 2.24) is 0 Å². The fraction of sp³-hybridized carbons (Fsp3) is 0.412. The van der Waals surface area contributed by atoms with E-state index >= 15 is 0 Å². The monoisotopic (exact) mass is 344 g/mol. The second-order valence-corrected chi connectivity index (χ2v) is 6.41. The third kappa shape index (κ3) is 3.20. The fourth-order valence-corrected chi connectivity index (χ4v) is 2.74. The van der Waals surface area contributed by atoms with Gasteiger partial charge in [0.1, 0.15) is 12.9 Å². The third-order valence-corrected chi connectivity index (χ3v) is 4.35. The molecule has 1 aromatic rings. The summed E-state index contributed by atoms with van der Waals surface area (Å²) in [6.07, 6.45) is 2.28. The zero-order valence-electron chi connectivity index (χ0n) is 13.3. The quantitative estimate of drug-likeness (QED) is 0.269. The highest BCUT2D eigenvalue weighted by Gasteiger charge is 2.61. The van der Waals surface area contributed by atoms with Crippen LogP contribution in [0.4, 0.5) is 17.6 Å². The molecule has 7 heteroatoms. The number of allylic oxidation sites excluding steroid dienone is 2. The Bertz CT molecular complexity index is 699. The minimum atomic E-state index is -1.59. The normalized spacial score (nSPS) is 22.2. The molecule has 24 heavy (non-hydrogen) atoms. The summed E-state index contributed by atoms with van der Waals surface area (Å²) in [4.78, 5) is 22.8. The molecule has 1 fully saturated rings. The molecule has 0 aromatic heterocycles. The maximum atomic E-state index is 13.5. The molecule has 0 spiro atoms. The van der Waals surface area contributed by atoms with E-state index in [2.05, 4.69) is 0 Å². The Morgan fingerprint density at radius 1 is 1.21 bits per heavy atom. The molecule has 0 saturated heterocycles. The van der Waals surface area contributed by atoms with Crippen LogP contribution in [0.2, 0.25) is 0 Å². The molecular weight excluding hydrogens is 328 g/mol. The van der Waals surface area contributed by atoms with Gasteiger partial charge in [0.25, 0.3) is 0 Å². The molecule has 0 heterocycles. The number of carbonyl (C=O) groups is 2. The average molecular weight is 344 g/mol. The number of rotatable bonds is 5. The van der Waals surface area contributed by atoms with E-state index in [0.29, 0.717) is 11.9 Å². The molecule has 130 valence electrons. The van der Waals surface area contributed by atoms with Crippen LogP contribution in [0.5, 0.6) is 0 Å². The van der Waals surface area contributed by atoms with E-state index in [-0.39, 0.29) is 12.0 Å². The minimum absolute atomic E-state index is 0.0863. The first-order valence-corrected chi connectivity index (χ1v) is 7.23. The van der Waals surface area contributed by atoms with E-state index in [4.69, 9.17) is 4.74 Å².